The van der Waals surface area contributed by atoms with Crippen LogP contribution in [0.1, 0.15) is 11.1 Å². The monoisotopic (exact) mass is 1050 g/mol. The molecule has 4 heterocycles. The van der Waals surface area contributed by atoms with Gasteiger partial charge in [-0.1, -0.05) is 146 Å². The number of rotatable bonds is 8. The highest BCUT2D eigenvalue weighted by atomic mass is 16.3. The van der Waals surface area contributed by atoms with Gasteiger partial charge in [-0.3, -0.25) is 0 Å². The number of para-hydroxylation sites is 8. The van der Waals surface area contributed by atoms with Crippen molar-refractivity contribution >= 4 is 143 Å². The molecule has 0 saturated carbocycles. The molecule has 6 heteroatoms. The summed E-state index contributed by atoms with van der Waals surface area (Å²) >= 11 is 0. The minimum absolute atomic E-state index is 0.793. The Morgan fingerprint density at radius 1 is 0.268 bits per heavy atom. The standard InChI is InChI=1S/C76H50N4O2/c1-47-19-9-13-29-65(47)77(69-33-17-27-59-57-25-11-15-31-67(57)79(75(59)69)53-21-5-3-6-22-53)55-37-35-49-41-61-63-45-64-62-42-50-36-38-56(40-52(50)44-72(62)82-74(64)46-73(63)81-71(61)43-51(49)39-55)78(66-30-14-10-20-48(66)2)70-34-18-28-60-58-26-12-16-32-68(58)80(76(60)70)54-23-7-4-8-24-54/h3-46H,1-2H3. The summed E-state index contributed by atoms with van der Waals surface area (Å²) in [5, 5.41) is 13.6. The Balaban J connectivity index is 0.789. The quantitative estimate of drug-likeness (QED) is 0.152. The van der Waals surface area contributed by atoms with E-state index in [0.29, 0.717) is 0 Å². The van der Waals surface area contributed by atoms with E-state index in [0.717, 1.165) is 122 Å². The zero-order chi connectivity index (χ0) is 54.2. The van der Waals surface area contributed by atoms with Gasteiger partial charge in [0.15, 0.2) is 0 Å². The van der Waals surface area contributed by atoms with Gasteiger partial charge in [-0.2, -0.15) is 0 Å². The van der Waals surface area contributed by atoms with E-state index in [9.17, 15) is 0 Å². The Labute approximate surface area is 471 Å². The third-order valence-electron chi connectivity index (χ3n) is 17.0. The topological polar surface area (TPSA) is 42.6 Å². The highest BCUT2D eigenvalue weighted by molar-refractivity contribution is 6.20. The molecule has 0 N–H and O–H groups in total. The van der Waals surface area contributed by atoms with Crippen LogP contribution in [0.3, 0.4) is 0 Å². The second-order valence-corrected chi connectivity index (χ2v) is 21.8. The van der Waals surface area contributed by atoms with E-state index in [1.165, 1.54) is 43.7 Å². The lowest BCUT2D eigenvalue weighted by Crippen LogP contribution is -2.13. The second-order valence-electron chi connectivity index (χ2n) is 21.8. The number of hydrogen-bond acceptors (Lipinski definition) is 4. The van der Waals surface area contributed by atoms with Crippen molar-refractivity contribution in [2.45, 2.75) is 13.8 Å². The Morgan fingerprint density at radius 3 is 1.11 bits per heavy atom. The molecule has 0 aliphatic carbocycles. The van der Waals surface area contributed by atoms with Crippen LogP contribution in [0, 0.1) is 13.8 Å². The van der Waals surface area contributed by atoms with Crippen LogP contribution < -0.4 is 9.80 Å². The lowest BCUT2D eigenvalue weighted by molar-refractivity contribution is 0.656. The minimum atomic E-state index is 0.793. The summed E-state index contributed by atoms with van der Waals surface area (Å²) < 4.78 is 18.5. The highest BCUT2D eigenvalue weighted by Crippen LogP contribution is 2.48. The van der Waals surface area contributed by atoms with Gasteiger partial charge in [-0.15, -0.1) is 0 Å². The first kappa shape index (κ1) is 46.1. The maximum Gasteiger partial charge on any atom is 0.139 e. The van der Waals surface area contributed by atoms with Crippen molar-refractivity contribution < 1.29 is 8.83 Å². The van der Waals surface area contributed by atoms with Gasteiger partial charge in [0, 0.05) is 83.3 Å². The maximum atomic E-state index is 6.82. The predicted molar refractivity (Wildman–Crippen MR) is 344 cm³/mol. The number of aryl methyl sites for hydroxylation is 2. The molecule has 0 fully saturated rings. The molecule has 0 radical (unpaired) electrons. The van der Waals surface area contributed by atoms with Crippen LogP contribution in [0.15, 0.2) is 276 Å². The molecule has 0 aliphatic heterocycles. The van der Waals surface area contributed by atoms with E-state index in [-0.39, 0.29) is 0 Å². The van der Waals surface area contributed by atoms with E-state index in [1.54, 1.807) is 0 Å². The van der Waals surface area contributed by atoms with Crippen LogP contribution in [-0.4, -0.2) is 9.13 Å². The summed E-state index contributed by atoms with van der Waals surface area (Å²) in [5.74, 6) is 0. The molecule has 0 amide bonds. The first-order chi connectivity index (χ1) is 40.5. The van der Waals surface area contributed by atoms with Crippen molar-refractivity contribution in [2.75, 3.05) is 9.80 Å². The smallest absolute Gasteiger partial charge is 0.139 e. The summed E-state index contributed by atoms with van der Waals surface area (Å²) in [7, 11) is 0. The number of fused-ring (bicyclic) bond motifs is 14. The molecule has 0 spiro atoms. The number of benzene rings is 13. The van der Waals surface area contributed by atoms with Crippen molar-refractivity contribution in [3.63, 3.8) is 0 Å². The fourth-order valence-corrected chi connectivity index (χ4v) is 13.3. The molecular formula is C76H50N4O2. The van der Waals surface area contributed by atoms with Crippen LogP contribution in [-0.2, 0) is 0 Å². The van der Waals surface area contributed by atoms with Crippen LogP contribution in [0.5, 0.6) is 0 Å². The molecule has 13 aromatic carbocycles. The summed E-state index contributed by atoms with van der Waals surface area (Å²) in [6, 6.07) is 96.6. The lowest BCUT2D eigenvalue weighted by atomic mass is 10.0. The number of aromatic nitrogens is 2. The molecule has 0 aliphatic rings. The first-order valence-corrected chi connectivity index (χ1v) is 28.1. The molecular weight excluding hydrogens is 1000 g/mol. The number of nitrogens with zero attached hydrogens (tertiary/aromatic N) is 4. The van der Waals surface area contributed by atoms with E-state index in [2.05, 4.69) is 300 Å². The molecule has 17 rings (SSSR count). The SMILES string of the molecule is Cc1ccccc1N(c1ccc2cc3c(cc2c1)oc1cc2oc4cc5cc(N(c6ccccc6C)c6cccc7c8ccccc8n(-c8ccccc8)c67)ccc5cc4c2cc13)c1cccc2c3ccccc3n(-c3ccccc3)c12. The highest BCUT2D eigenvalue weighted by Gasteiger charge is 2.26. The van der Waals surface area contributed by atoms with Gasteiger partial charge in [-0.25, -0.2) is 0 Å². The third-order valence-corrected chi connectivity index (χ3v) is 17.0. The fraction of sp³-hybridized carbons (Fsp3) is 0.0263. The molecule has 6 nitrogen and oxygen atoms in total. The van der Waals surface area contributed by atoms with Gasteiger partial charge >= 0.3 is 0 Å². The van der Waals surface area contributed by atoms with Gasteiger partial charge in [-0.05, 0) is 162 Å². The number of anilines is 6. The van der Waals surface area contributed by atoms with Crippen LogP contribution in [0.25, 0.3) is 120 Å². The minimum Gasteiger partial charge on any atom is -0.456 e. The first-order valence-electron chi connectivity index (χ1n) is 28.1. The van der Waals surface area contributed by atoms with E-state index in [1.807, 2.05) is 0 Å². The Hall–Kier alpha value is -10.8. The van der Waals surface area contributed by atoms with Crippen LogP contribution in [0.4, 0.5) is 34.1 Å². The van der Waals surface area contributed by atoms with E-state index in [4.69, 9.17) is 8.83 Å². The van der Waals surface area contributed by atoms with Gasteiger partial charge in [0.1, 0.15) is 22.3 Å². The fourth-order valence-electron chi connectivity index (χ4n) is 13.3. The van der Waals surface area contributed by atoms with Crippen molar-refractivity contribution in [1.29, 1.82) is 0 Å². The molecule has 0 bridgehead atoms. The summed E-state index contributed by atoms with van der Waals surface area (Å²) in [6.07, 6.45) is 0. The van der Waals surface area contributed by atoms with Gasteiger partial charge in [0.05, 0.1) is 33.4 Å². The van der Waals surface area contributed by atoms with Crippen molar-refractivity contribution in [3.05, 3.63) is 278 Å². The van der Waals surface area contributed by atoms with Crippen LogP contribution in [0.2, 0.25) is 0 Å². The molecule has 17 aromatic rings. The molecule has 0 saturated heterocycles. The Bertz CT molecular complexity index is 5120. The zero-order valence-electron chi connectivity index (χ0n) is 45.0. The van der Waals surface area contributed by atoms with Gasteiger partial charge in [0.2, 0.25) is 0 Å². The summed E-state index contributed by atoms with van der Waals surface area (Å²) in [5.41, 5.74) is 19.1. The molecule has 4 aromatic heterocycles. The number of hydrogen-bond donors (Lipinski definition) is 0. The Kier molecular flexibility index (Phi) is 10.0. The normalized spacial score (nSPS) is 12.0. The number of furan rings is 2. The predicted octanol–water partition coefficient (Wildman–Crippen LogP) is 21.5. The maximum absolute atomic E-state index is 6.82. The van der Waals surface area contributed by atoms with Gasteiger partial charge in [0.25, 0.3) is 0 Å². The molecule has 0 atom stereocenters. The van der Waals surface area contributed by atoms with E-state index < -0.39 is 0 Å². The van der Waals surface area contributed by atoms with Crippen molar-refractivity contribution in [3.8, 4) is 11.4 Å². The van der Waals surface area contributed by atoms with E-state index >= 15 is 0 Å². The average Bonchev–Trinajstić information content (AvgIpc) is 3.32. The average molecular weight is 1050 g/mol. The largest absolute Gasteiger partial charge is 0.456 e. The Morgan fingerprint density at radius 2 is 0.646 bits per heavy atom. The summed E-state index contributed by atoms with van der Waals surface area (Å²) in [6.45, 7) is 4.39. The van der Waals surface area contributed by atoms with Crippen molar-refractivity contribution in [1.82, 2.24) is 9.13 Å². The molecule has 82 heavy (non-hydrogen) atoms. The summed E-state index contributed by atoms with van der Waals surface area (Å²) in [4.78, 5) is 4.85. The molecule has 386 valence electrons. The third kappa shape index (κ3) is 6.95. The lowest BCUT2D eigenvalue weighted by Gasteiger charge is -2.28. The second kappa shape index (κ2) is 17.8. The van der Waals surface area contributed by atoms with Crippen LogP contribution >= 0.6 is 0 Å². The van der Waals surface area contributed by atoms with Gasteiger partial charge < -0.3 is 27.8 Å². The molecule has 0 unspecified atom stereocenters. The zero-order valence-corrected chi connectivity index (χ0v) is 45.0. The van der Waals surface area contributed by atoms with Crippen molar-refractivity contribution in [2.24, 2.45) is 0 Å².